The third-order valence-electron chi connectivity index (χ3n) is 5.57. The molecule has 0 bridgehead atoms. The summed E-state index contributed by atoms with van der Waals surface area (Å²) in [7, 11) is 0. The van der Waals surface area contributed by atoms with Gasteiger partial charge in [-0.25, -0.2) is 9.37 Å². The summed E-state index contributed by atoms with van der Waals surface area (Å²) in [6.07, 6.45) is 0.341. The first-order chi connectivity index (χ1) is 17.1. The third-order valence-corrected chi connectivity index (χ3v) is 5.57. The van der Waals surface area contributed by atoms with Crippen molar-refractivity contribution in [3.8, 4) is 5.69 Å². The maximum absolute atomic E-state index is 14.0. The lowest BCUT2D eigenvalue weighted by molar-refractivity contribution is 0.0978. The Hall–Kier alpha value is -4.66. The maximum Gasteiger partial charge on any atom is 0.258 e. The smallest absolute Gasteiger partial charge is 0.258 e. The second-order valence-electron chi connectivity index (χ2n) is 7.90. The van der Waals surface area contributed by atoms with Gasteiger partial charge in [-0.1, -0.05) is 42.5 Å². The zero-order chi connectivity index (χ0) is 24.2. The van der Waals surface area contributed by atoms with Crippen LogP contribution in [0.15, 0.2) is 83.7 Å². The van der Waals surface area contributed by atoms with Crippen LogP contribution in [0, 0.1) is 5.82 Å². The number of hydrogen-bond acceptors (Lipinski definition) is 6. The Morgan fingerprint density at radius 3 is 2.51 bits per heavy atom. The van der Waals surface area contributed by atoms with Crippen LogP contribution in [0.3, 0.4) is 0 Å². The summed E-state index contributed by atoms with van der Waals surface area (Å²) in [6.45, 7) is 0.208. The number of Topliss-reactive ketones (excluding diaryl/α,β-unsaturated/α-hetero) is 1. The lowest BCUT2D eigenvalue weighted by Gasteiger charge is -2.12. The highest BCUT2D eigenvalue weighted by Gasteiger charge is 2.17. The number of para-hydroxylation sites is 2. The highest BCUT2D eigenvalue weighted by atomic mass is 19.1. The largest absolute Gasteiger partial charge is 0.347 e. The molecule has 0 aliphatic carbocycles. The van der Waals surface area contributed by atoms with Gasteiger partial charge in [0, 0.05) is 12.8 Å². The molecular weight excluding hydrogens is 447 g/mol. The predicted molar refractivity (Wildman–Crippen MR) is 130 cm³/mol. The molecule has 3 aromatic carbocycles. The minimum absolute atomic E-state index is 0.0583. The van der Waals surface area contributed by atoms with E-state index in [0.29, 0.717) is 28.5 Å². The Kier molecular flexibility index (Phi) is 6.13. The van der Waals surface area contributed by atoms with Crippen LogP contribution in [0.1, 0.15) is 28.4 Å². The average Bonchev–Trinajstić information content (AvgIpc) is 3.29. The summed E-state index contributed by atoms with van der Waals surface area (Å²) in [5.41, 5.74) is 1.24. The van der Waals surface area contributed by atoms with E-state index in [4.69, 9.17) is 0 Å². The molecule has 0 atom stereocenters. The van der Waals surface area contributed by atoms with Gasteiger partial charge in [0.15, 0.2) is 5.78 Å². The molecule has 0 amide bonds. The molecule has 0 aliphatic heterocycles. The standard InChI is InChI=1S/C26H21FN6O2/c27-20-12-6-4-10-18(20)22(34)14-15-24-31-32-26(33(24)17-8-2-1-3-9-17)28-16-23-29-21-13-7-5-11-19(21)25(35)30-23/h1-13H,14-16H2,(H,28,32)(H,29,30,35). The topological polar surface area (TPSA) is 106 Å². The molecule has 2 heterocycles. The van der Waals surface area contributed by atoms with E-state index in [-0.39, 0.29) is 36.3 Å². The quantitative estimate of drug-likeness (QED) is 0.333. The van der Waals surface area contributed by atoms with Crippen molar-refractivity contribution in [2.24, 2.45) is 0 Å². The fourth-order valence-electron chi connectivity index (χ4n) is 3.87. The Balaban J connectivity index is 1.40. The number of ketones is 1. The number of benzene rings is 3. The van der Waals surface area contributed by atoms with Crippen molar-refractivity contribution in [1.82, 2.24) is 24.7 Å². The third kappa shape index (κ3) is 4.70. The van der Waals surface area contributed by atoms with Crippen LogP contribution < -0.4 is 10.9 Å². The van der Waals surface area contributed by atoms with E-state index in [0.717, 1.165) is 5.69 Å². The number of rotatable bonds is 8. The summed E-state index contributed by atoms with van der Waals surface area (Å²) in [4.78, 5) is 32.3. The fraction of sp³-hybridized carbons (Fsp3) is 0.115. The van der Waals surface area contributed by atoms with Gasteiger partial charge in [-0.05, 0) is 36.4 Å². The van der Waals surface area contributed by atoms with Crippen molar-refractivity contribution in [1.29, 1.82) is 0 Å². The lowest BCUT2D eigenvalue weighted by Crippen LogP contribution is -2.16. The first-order valence-electron chi connectivity index (χ1n) is 11.1. The first kappa shape index (κ1) is 22.1. The molecule has 2 N–H and O–H groups in total. The highest BCUT2D eigenvalue weighted by molar-refractivity contribution is 5.96. The predicted octanol–water partition coefficient (Wildman–Crippen LogP) is 4.07. The van der Waals surface area contributed by atoms with E-state index in [1.807, 2.05) is 36.4 Å². The number of carbonyl (C=O) groups excluding carboxylic acids is 1. The van der Waals surface area contributed by atoms with Gasteiger partial charge in [-0.15, -0.1) is 10.2 Å². The molecule has 0 saturated carbocycles. The van der Waals surface area contributed by atoms with Crippen molar-refractivity contribution in [2.45, 2.75) is 19.4 Å². The van der Waals surface area contributed by atoms with Gasteiger partial charge in [0.2, 0.25) is 5.95 Å². The normalized spacial score (nSPS) is 11.0. The van der Waals surface area contributed by atoms with Crippen molar-refractivity contribution in [3.63, 3.8) is 0 Å². The van der Waals surface area contributed by atoms with E-state index >= 15 is 0 Å². The number of carbonyl (C=O) groups is 1. The first-order valence-corrected chi connectivity index (χ1v) is 11.1. The molecule has 0 aliphatic rings. The van der Waals surface area contributed by atoms with Gasteiger partial charge in [-0.3, -0.25) is 14.2 Å². The van der Waals surface area contributed by atoms with E-state index in [1.165, 1.54) is 12.1 Å². The van der Waals surface area contributed by atoms with Crippen LogP contribution in [0.2, 0.25) is 0 Å². The van der Waals surface area contributed by atoms with Crippen LogP contribution >= 0.6 is 0 Å². The molecule has 0 spiro atoms. The molecule has 35 heavy (non-hydrogen) atoms. The second-order valence-corrected chi connectivity index (χ2v) is 7.90. The van der Waals surface area contributed by atoms with Gasteiger partial charge >= 0.3 is 0 Å². The fourth-order valence-corrected chi connectivity index (χ4v) is 3.87. The number of nitrogens with one attached hydrogen (secondary N) is 2. The summed E-state index contributed by atoms with van der Waals surface area (Å²) < 4.78 is 15.8. The van der Waals surface area contributed by atoms with Crippen LogP contribution in [0.5, 0.6) is 0 Å². The number of aromatic nitrogens is 5. The van der Waals surface area contributed by atoms with E-state index in [2.05, 4.69) is 25.5 Å². The summed E-state index contributed by atoms with van der Waals surface area (Å²) in [6, 6.07) is 22.5. The Morgan fingerprint density at radius 1 is 0.943 bits per heavy atom. The lowest BCUT2D eigenvalue weighted by atomic mass is 10.1. The van der Waals surface area contributed by atoms with E-state index in [9.17, 15) is 14.0 Å². The second kappa shape index (κ2) is 9.68. The maximum atomic E-state index is 14.0. The molecule has 9 heteroatoms. The molecule has 5 rings (SSSR count). The SMILES string of the molecule is O=C(CCc1nnc(NCc2nc3ccccc3c(=O)[nH]2)n1-c1ccccc1)c1ccccc1F. The Bertz CT molecular complexity index is 1560. The number of fused-ring (bicyclic) bond motifs is 1. The van der Waals surface area contributed by atoms with Crippen LogP contribution in [-0.4, -0.2) is 30.5 Å². The molecule has 0 fully saturated rings. The minimum atomic E-state index is -0.541. The monoisotopic (exact) mass is 468 g/mol. The molecule has 5 aromatic rings. The van der Waals surface area contributed by atoms with Crippen molar-refractivity contribution >= 4 is 22.6 Å². The number of aromatic amines is 1. The molecule has 0 radical (unpaired) electrons. The zero-order valence-electron chi connectivity index (χ0n) is 18.6. The van der Waals surface area contributed by atoms with Crippen molar-refractivity contribution < 1.29 is 9.18 Å². The molecule has 174 valence electrons. The average molecular weight is 468 g/mol. The number of H-pyrrole nitrogens is 1. The zero-order valence-corrected chi connectivity index (χ0v) is 18.6. The minimum Gasteiger partial charge on any atom is -0.347 e. The number of anilines is 1. The molecule has 0 saturated heterocycles. The van der Waals surface area contributed by atoms with Gasteiger partial charge in [0.1, 0.15) is 17.5 Å². The van der Waals surface area contributed by atoms with E-state index < -0.39 is 5.82 Å². The number of halogens is 1. The molecule has 2 aromatic heterocycles. The summed E-state index contributed by atoms with van der Waals surface area (Å²) in [5, 5.41) is 12.2. The van der Waals surface area contributed by atoms with E-state index in [1.54, 1.807) is 34.9 Å². The molecule has 8 nitrogen and oxygen atoms in total. The molecular formula is C26H21FN6O2. The van der Waals surface area contributed by atoms with Crippen LogP contribution in [0.4, 0.5) is 10.3 Å². The number of nitrogens with zero attached hydrogens (tertiary/aromatic N) is 4. The summed E-state index contributed by atoms with van der Waals surface area (Å²) in [5.74, 6) is 0.579. The van der Waals surface area contributed by atoms with Crippen molar-refractivity contribution in [3.05, 3.63) is 112 Å². The number of aryl methyl sites for hydroxylation is 1. The molecule has 0 unspecified atom stereocenters. The van der Waals surface area contributed by atoms with Gasteiger partial charge in [0.25, 0.3) is 5.56 Å². The van der Waals surface area contributed by atoms with Crippen molar-refractivity contribution in [2.75, 3.05) is 5.32 Å². The Morgan fingerprint density at radius 2 is 1.69 bits per heavy atom. The highest BCUT2D eigenvalue weighted by Crippen LogP contribution is 2.19. The van der Waals surface area contributed by atoms with Gasteiger partial charge < -0.3 is 10.3 Å². The van der Waals surface area contributed by atoms with Gasteiger partial charge in [-0.2, -0.15) is 0 Å². The van der Waals surface area contributed by atoms with Crippen LogP contribution in [0.25, 0.3) is 16.6 Å². The van der Waals surface area contributed by atoms with Gasteiger partial charge in [0.05, 0.1) is 28.7 Å². The summed E-state index contributed by atoms with van der Waals surface area (Å²) >= 11 is 0. The Labute approximate surface area is 199 Å². The number of hydrogen-bond donors (Lipinski definition) is 2. The van der Waals surface area contributed by atoms with Crippen LogP contribution in [-0.2, 0) is 13.0 Å².